The molecule has 5 heteroatoms. The highest BCUT2D eigenvalue weighted by molar-refractivity contribution is 5.84. The zero-order chi connectivity index (χ0) is 11.5. The van der Waals surface area contributed by atoms with Crippen molar-refractivity contribution in [1.29, 1.82) is 0 Å². The molecule has 1 unspecified atom stereocenters. The minimum absolute atomic E-state index is 0.182. The first-order chi connectivity index (χ1) is 7.77. The minimum Gasteiger partial charge on any atom is -0.396 e. The fourth-order valence-electron chi connectivity index (χ4n) is 1.88. The fraction of sp³-hybridized carbons (Fsp3) is 0.273. The third kappa shape index (κ3) is 1.62. The van der Waals surface area contributed by atoms with E-state index in [4.69, 9.17) is 5.53 Å². The molecule has 1 atom stereocenters. The molecule has 0 saturated carbocycles. The number of aromatic nitrogens is 1. The molecule has 0 fully saturated rings. The molecule has 2 aromatic rings. The predicted octanol–water partition coefficient (Wildman–Crippen LogP) is 2.52. The van der Waals surface area contributed by atoms with E-state index >= 15 is 0 Å². The summed E-state index contributed by atoms with van der Waals surface area (Å²) in [4.78, 5) is 2.76. The standard InChI is InChI=1S/C11H12N4O/c1-15-6-5-9-8(3-2-4-11(9)15)10(7-16)13-14-12/h2-6,10,16H,7H2,1H3. The van der Waals surface area contributed by atoms with Gasteiger partial charge in [0, 0.05) is 29.1 Å². The average Bonchev–Trinajstić information content (AvgIpc) is 2.68. The molecule has 1 aromatic heterocycles. The molecule has 0 aliphatic rings. The molecule has 1 aromatic carbocycles. The van der Waals surface area contributed by atoms with Gasteiger partial charge in [-0.05, 0) is 23.2 Å². The number of azide groups is 1. The molecule has 1 N–H and O–H groups in total. The molecular formula is C11H12N4O. The van der Waals surface area contributed by atoms with Crippen LogP contribution in [0.4, 0.5) is 0 Å². The van der Waals surface area contributed by atoms with Crippen LogP contribution >= 0.6 is 0 Å². The lowest BCUT2D eigenvalue weighted by Gasteiger charge is -2.09. The maximum Gasteiger partial charge on any atom is 0.0862 e. The highest BCUT2D eigenvalue weighted by Gasteiger charge is 2.12. The second-order valence-corrected chi connectivity index (χ2v) is 3.61. The van der Waals surface area contributed by atoms with Crippen LogP contribution in [0.3, 0.4) is 0 Å². The number of aliphatic hydroxyl groups is 1. The number of benzene rings is 1. The van der Waals surface area contributed by atoms with Crippen molar-refractivity contribution >= 4 is 10.9 Å². The Labute approximate surface area is 92.6 Å². The molecule has 1 heterocycles. The van der Waals surface area contributed by atoms with Gasteiger partial charge in [0.15, 0.2) is 0 Å². The largest absolute Gasteiger partial charge is 0.396 e. The number of hydrogen-bond acceptors (Lipinski definition) is 2. The Kier molecular flexibility index (Phi) is 2.81. The highest BCUT2D eigenvalue weighted by atomic mass is 16.3. The molecular weight excluding hydrogens is 204 g/mol. The predicted molar refractivity (Wildman–Crippen MR) is 61.9 cm³/mol. The van der Waals surface area contributed by atoms with Crippen molar-refractivity contribution < 1.29 is 5.11 Å². The van der Waals surface area contributed by atoms with Crippen molar-refractivity contribution in [2.24, 2.45) is 12.2 Å². The first-order valence-electron chi connectivity index (χ1n) is 4.97. The van der Waals surface area contributed by atoms with Gasteiger partial charge in [0.25, 0.3) is 0 Å². The van der Waals surface area contributed by atoms with Crippen LogP contribution in [0.2, 0.25) is 0 Å². The van der Waals surface area contributed by atoms with Crippen molar-refractivity contribution in [3.05, 3.63) is 46.5 Å². The van der Waals surface area contributed by atoms with Gasteiger partial charge in [-0.25, -0.2) is 0 Å². The number of nitrogens with zero attached hydrogens (tertiary/aromatic N) is 4. The molecule has 0 aliphatic carbocycles. The molecule has 0 amide bonds. The first-order valence-corrected chi connectivity index (χ1v) is 4.97. The van der Waals surface area contributed by atoms with Crippen LogP contribution in [-0.2, 0) is 7.05 Å². The summed E-state index contributed by atoms with van der Waals surface area (Å²) < 4.78 is 1.99. The van der Waals surface area contributed by atoms with E-state index in [0.29, 0.717) is 0 Å². The van der Waals surface area contributed by atoms with Gasteiger partial charge in [-0.1, -0.05) is 17.2 Å². The zero-order valence-corrected chi connectivity index (χ0v) is 8.91. The smallest absolute Gasteiger partial charge is 0.0862 e. The van der Waals surface area contributed by atoms with E-state index in [1.807, 2.05) is 42.1 Å². The van der Waals surface area contributed by atoms with Crippen LogP contribution in [0, 0.1) is 0 Å². The normalized spacial score (nSPS) is 12.4. The van der Waals surface area contributed by atoms with Crippen molar-refractivity contribution in [1.82, 2.24) is 4.57 Å². The summed E-state index contributed by atoms with van der Waals surface area (Å²) in [6.07, 6.45) is 1.94. The van der Waals surface area contributed by atoms with Crippen molar-refractivity contribution in [2.45, 2.75) is 6.04 Å². The Bertz CT molecular complexity index is 554. The molecule has 82 valence electrons. The van der Waals surface area contributed by atoms with Gasteiger partial charge >= 0.3 is 0 Å². The second kappa shape index (κ2) is 4.26. The Morgan fingerprint density at radius 3 is 3.00 bits per heavy atom. The van der Waals surface area contributed by atoms with E-state index in [2.05, 4.69) is 10.0 Å². The van der Waals surface area contributed by atoms with E-state index < -0.39 is 6.04 Å². The van der Waals surface area contributed by atoms with E-state index in [1.54, 1.807) is 0 Å². The first kappa shape index (κ1) is 10.5. The quantitative estimate of drug-likeness (QED) is 0.477. The SMILES string of the molecule is Cn1ccc2c(C(CO)N=[N+]=[N-])cccc21. The topological polar surface area (TPSA) is 73.9 Å². The molecule has 5 nitrogen and oxygen atoms in total. The Balaban J connectivity index is 2.63. The third-order valence-electron chi connectivity index (χ3n) is 2.68. The van der Waals surface area contributed by atoms with Gasteiger partial charge in [-0.3, -0.25) is 0 Å². The van der Waals surface area contributed by atoms with Crippen molar-refractivity contribution in [3.63, 3.8) is 0 Å². The highest BCUT2D eigenvalue weighted by Crippen LogP contribution is 2.26. The van der Waals surface area contributed by atoms with Crippen molar-refractivity contribution in [2.75, 3.05) is 6.61 Å². The lowest BCUT2D eigenvalue weighted by atomic mass is 10.0. The van der Waals surface area contributed by atoms with Crippen LogP contribution in [0.25, 0.3) is 21.3 Å². The maximum atomic E-state index is 9.21. The Morgan fingerprint density at radius 2 is 2.31 bits per heavy atom. The Hall–Kier alpha value is -1.97. The maximum absolute atomic E-state index is 9.21. The van der Waals surface area contributed by atoms with E-state index in [9.17, 15) is 5.11 Å². The molecule has 0 saturated heterocycles. The minimum atomic E-state index is -0.518. The Morgan fingerprint density at radius 1 is 1.50 bits per heavy atom. The molecule has 0 radical (unpaired) electrons. The van der Waals surface area contributed by atoms with Crippen LogP contribution in [0.15, 0.2) is 35.6 Å². The van der Waals surface area contributed by atoms with Gasteiger partial charge in [-0.2, -0.15) is 0 Å². The number of rotatable bonds is 3. The molecule has 0 spiro atoms. The zero-order valence-electron chi connectivity index (χ0n) is 8.91. The van der Waals surface area contributed by atoms with E-state index in [1.165, 1.54) is 0 Å². The average molecular weight is 216 g/mol. The summed E-state index contributed by atoms with van der Waals surface area (Å²) in [6, 6.07) is 7.20. The van der Waals surface area contributed by atoms with Gasteiger partial charge in [-0.15, -0.1) is 0 Å². The second-order valence-electron chi connectivity index (χ2n) is 3.61. The van der Waals surface area contributed by atoms with Crippen LogP contribution in [0.1, 0.15) is 11.6 Å². The monoisotopic (exact) mass is 216 g/mol. The summed E-state index contributed by atoms with van der Waals surface area (Å²) in [5, 5.41) is 13.8. The van der Waals surface area contributed by atoms with Crippen LogP contribution in [0.5, 0.6) is 0 Å². The lowest BCUT2D eigenvalue weighted by molar-refractivity contribution is 0.268. The summed E-state index contributed by atoms with van der Waals surface area (Å²) in [7, 11) is 1.95. The number of hydrogen-bond donors (Lipinski definition) is 1. The molecule has 0 bridgehead atoms. The van der Waals surface area contributed by atoms with Crippen molar-refractivity contribution in [3.8, 4) is 0 Å². The van der Waals surface area contributed by atoms with Gasteiger partial charge in [0.05, 0.1) is 12.6 Å². The van der Waals surface area contributed by atoms with Gasteiger partial charge < -0.3 is 9.67 Å². The lowest BCUT2D eigenvalue weighted by Crippen LogP contribution is -2.00. The van der Waals surface area contributed by atoms with Crippen LogP contribution < -0.4 is 0 Å². The molecule has 2 rings (SSSR count). The van der Waals surface area contributed by atoms with E-state index in [-0.39, 0.29) is 6.61 Å². The molecule has 16 heavy (non-hydrogen) atoms. The van der Waals surface area contributed by atoms with Gasteiger partial charge in [0.1, 0.15) is 0 Å². The summed E-state index contributed by atoms with van der Waals surface area (Å²) in [5.41, 5.74) is 10.4. The number of aliphatic hydroxyl groups excluding tert-OH is 1. The van der Waals surface area contributed by atoms with Crippen LogP contribution in [-0.4, -0.2) is 16.3 Å². The number of fused-ring (bicyclic) bond motifs is 1. The summed E-state index contributed by atoms with van der Waals surface area (Å²) in [6.45, 7) is -0.182. The number of aryl methyl sites for hydroxylation is 1. The van der Waals surface area contributed by atoms with E-state index in [0.717, 1.165) is 16.5 Å². The third-order valence-corrected chi connectivity index (χ3v) is 2.68. The summed E-state index contributed by atoms with van der Waals surface area (Å²) >= 11 is 0. The summed E-state index contributed by atoms with van der Waals surface area (Å²) in [5.74, 6) is 0. The molecule has 0 aliphatic heterocycles. The van der Waals surface area contributed by atoms with Gasteiger partial charge in [0.2, 0.25) is 0 Å². The fourth-order valence-corrected chi connectivity index (χ4v) is 1.88.